The molecule has 0 spiro atoms. The molecule has 4 bridgehead atoms. The number of aromatic nitrogens is 3. The molecule has 182 valence electrons. The minimum Gasteiger partial charge on any atom is -0.463 e. The molecule has 4 saturated carbocycles. The van der Waals surface area contributed by atoms with Crippen molar-refractivity contribution in [1.82, 2.24) is 14.8 Å². The predicted octanol–water partition coefficient (Wildman–Crippen LogP) is 6.79. The lowest BCUT2D eigenvalue weighted by Gasteiger charge is -2.55. The summed E-state index contributed by atoms with van der Waals surface area (Å²) in [4.78, 5) is 18.0. The number of halogens is 2. The van der Waals surface area contributed by atoms with Crippen molar-refractivity contribution in [1.29, 1.82) is 0 Å². The lowest BCUT2D eigenvalue weighted by molar-refractivity contribution is -0.140. The first kappa shape index (κ1) is 22.9. The minimum absolute atomic E-state index is 0.174. The lowest BCUT2D eigenvalue weighted by atomic mass is 9.49. The highest BCUT2D eigenvalue weighted by molar-refractivity contribution is 6.42. The molecule has 0 unspecified atom stereocenters. The average molecular weight is 511 g/mol. The zero-order valence-corrected chi connectivity index (χ0v) is 21.1. The van der Waals surface area contributed by atoms with Gasteiger partial charge in [0.25, 0.3) is 0 Å². The Morgan fingerprint density at radius 1 is 1.03 bits per heavy atom. The van der Waals surface area contributed by atoms with Crippen molar-refractivity contribution in [2.45, 2.75) is 45.4 Å². The van der Waals surface area contributed by atoms with E-state index in [4.69, 9.17) is 27.9 Å². The monoisotopic (exact) mass is 510 g/mol. The Labute approximate surface area is 215 Å². The fourth-order valence-corrected chi connectivity index (χ4v) is 7.12. The smallest absolute Gasteiger partial charge is 0.336 e. The third-order valence-corrected chi connectivity index (χ3v) is 8.67. The summed E-state index contributed by atoms with van der Waals surface area (Å²) in [7, 11) is 0. The standard InChI is InChI=1S/C27H28Cl2N4O2/c1-2-35-26-31-24(19-3-8-22(28)23(29)12-19)33(32-26)21-6-4-20(5-7-21)30-25(34)27-13-16-9-17(14-27)11-18(10-16)15-27/h3-8,12,16-18H,2,9-11,13-15H2,1H3,(H,30,34). The van der Waals surface area contributed by atoms with Gasteiger partial charge >= 0.3 is 6.01 Å². The molecule has 4 aliphatic rings. The zero-order valence-electron chi connectivity index (χ0n) is 19.6. The molecule has 4 fully saturated rings. The van der Waals surface area contributed by atoms with Gasteiger partial charge in [0.2, 0.25) is 5.91 Å². The van der Waals surface area contributed by atoms with E-state index in [1.165, 1.54) is 19.3 Å². The van der Waals surface area contributed by atoms with Gasteiger partial charge in [-0.25, -0.2) is 4.68 Å². The molecule has 0 saturated heterocycles. The fraction of sp³-hybridized carbons (Fsp3) is 0.444. The Bertz CT molecular complexity index is 1240. The fourth-order valence-electron chi connectivity index (χ4n) is 6.82. The van der Waals surface area contributed by atoms with Gasteiger partial charge in [-0.2, -0.15) is 4.98 Å². The van der Waals surface area contributed by atoms with Gasteiger partial charge in [-0.15, -0.1) is 5.10 Å². The molecule has 4 aliphatic carbocycles. The van der Waals surface area contributed by atoms with Crippen molar-refractivity contribution < 1.29 is 9.53 Å². The van der Waals surface area contributed by atoms with E-state index in [1.54, 1.807) is 16.8 Å². The number of anilines is 1. The maximum atomic E-state index is 13.4. The number of carbonyl (C=O) groups is 1. The highest BCUT2D eigenvalue weighted by Crippen LogP contribution is 2.60. The van der Waals surface area contributed by atoms with Crippen LogP contribution in [-0.2, 0) is 4.79 Å². The molecule has 35 heavy (non-hydrogen) atoms. The Hall–Kier alpha value is -2.57. The number of nitrogens with zero attached hydrogens (tertiary/aromatic N) is 3. The molecule has 0 aliphatic heterocycles. The first-order valence-corrected chi connectivity index (χ1v) is 13.2. The number of benzene rings is 2. The third-order valence-electron chi connectivity index (χ3n) is 7.93. The van der Waals surface area contributed by atoms with Gasteiger partial charge in [0.1, 0.15) is 0 Å². The molecule has 1 aromatic heterocycles. The van der Waals surface area contributed by atoms with Gasteiger partial charge in [0, 0.05) is 11.3 Å². The van der Waals surface area contributed by atoms with E-state index in [0.717, 1.165) is 54.0 Å². The highest BCUT2D eigenvalue weighted by Gasteiger charge is 2.54. The van der Waals surface area contributed by atoms with Gasteiger partial charge < -0.3 is 10.1 Å². The molecule has 7 rings (SSSR count). The summed E-state index contributed by atoms with van der Waals surface area (Å²) in [6, 6.07) is 13.4. The van der Waals surface area contributed by atoms with Gasteiger partial charge in [-0.1, -0.05) is 23.2 Å². The van der Waals surface area contributed by atoms with Crippen molar-refractivity contribution in [2.24, 2.45) is 23.2 Å². The van der Waals surface area contributed by atoms with Crippen molar-refractivity contribution in [3.8, 4) is 23.1 Å². The number of amides is 1. The maximum Gasteiger partial charge on any atom is 0.336 e. The van der Waals surface area contributed by atoms with Crippen molar-refractivity contribution >= 4 is 34.8 Å². The van der Waals surface area contributed by atoms with Crippen LogP contribution in [0, 0.1) is 23.2 Å². The van der Waals surface area contributed by atoms with Gasteiger partial charge in [-0.3, -0.25) is 4.79 Å². The van der Waals surface area contributed by atoms with E-state index >= 15 is 0 Å². The number of ether oxygens (including phenoxy) is 1. The Morgan fingerprint density at radius 3 is 2.29 bits per heavy atom. The van der Waals surface area contributed by atoms with Crippen LogP contribution in [0.2, 0.25) is 10.0 Å². The predicted molar refractivity (Wildman–Crippen MR) is 137 cm³/mol. The van der Waals surface area contributed by atoms with E-state index in [2.05, 4.69) is 15.4 Å². The maximum absolute atomic E-state index is 13.4. The van der Waals surface area contributed by atoms with Crippen LogP contribution < -0.4 is 10.1 Å². The van der Waals surface area contributed by atoms with Crippen molar-refractivity contribution in [3.05, 3.63) is 52.5 Å². The molecule has 1 heterocycles. The molecule has 1 N–H and O–H groups in total. The summed E-state index contributed by atoms with van der Waals surface area (Å²) >= 11 is 12.4. The van der Waals surface area contributed by atoms with Gasteiger partial charge in [-0.05, 0) is 106 Å². The third kappa shape index (κ3) is 4.21. The molecule has 0 atom stereocenters. The summed E-state index contributed by atoms with van der Waals surface area (Å²) in [6.45, 7) is 2.35. The molecule has 0 radical (unpaired) electrons. The van der Waals surface area contributed by atoms with E-state index in [9.17, 15) is 4.79 Å². The number of hydrogen-bond donors (Lipinski definition) is 1. The highest BCUT2D eigenvalue weighted by atomic mass is 35.5. The van der Waals surface area contributed by atoms with Crippen LogP contribution in [0.5, 0.6) is 6.01 Å². The Kier molecular flexibility index (Phi) is 5.76. The van der Waals surface area contributed by atoms with Crippen LogP contribution >= 0.6 is 23.2 Å². The minimum atomic E-state index is -0.174. The normalized spacial score (nSPS) is 26.7. The average Bonchev–Trinajstić information content (AvgIpc) is 3.24. The number of hydrogen-bond acceptors (Lipinski definition) is 4. The second kappa shape index (κ2) is 8.82. The molecule has 3 aromatic rings. The second-order valence-electron chi connectivity index (χ2n) is 10.4. The first-order chi connectivity index (χ1) is 16.9. The van der Waals surface area contributed by atoms with Crippen LogP contribution in [0.3, 0.4) is 0 Å². The first-order valence-electron chi connectivity index (χ1n) is 12.4. The summed E-state index contributed by atoms with van der Waals surface area (Å²) in [5, 5.41) is 8.68. The molecular weight excluding hydrogens is 483 g/mol. The number of nitrogens with one attached hydrogen (secondary N) is 1. The van der Waals surface area contributed by atoms with Crippen LogP contribution in [0.4, 0.5) is 5.69 Å². The Morgan fingerprint density at radius 2 is 1.69 bits per heavy atom. The summed E-state index contributed by atoms with van der Waals surface area (Å²) in [5.41, 5.74) is 2.21. The quantitative estimate of drug-likeness (QED) is 0.396. The van der Waals surface area contributed by atoms with E-state index in [0.29, 0.717) is 22.5 Å². The number of carbonyl (C=O) groups excluding carboxylic acids is 1. The Balaban J connectivity index is 1.25. The van der Waals surface area contributed by atoms with Crippen LogP contribution in [-0.4, -0.2) is 27.3 Å². The number of rotatable bonds is 6. The van der Waals surface area contributed by atoms with Crippen LogP contribution in [0.15, 0.2) is 42.5 Å². The molecule has 6 nitrogen and oxygen atoms in total. The van der Waals surface area contributed by atoms with Crippen LogP contribution in [0.25, 0.3) is 17.1 Å². The van der Waals surface area contributed by atoms with Crippen molar-refractivity contribution in [3.63, 3.8) is 0 Å². The molecular formula is C27H28Cl2N4O2. The van der Waals surface area contributed by atoms with E-state index in [-0.39, 0.29) is 17.3 Å². The van der Waals surface area contributed by atoms with Crippen molar-refractivity contribution in [2.75, 3.05) is 11.9 Å². The zero-order chi connectivity index (χ0) is 24.2. The largest absolute Gasteiger partial charge is 0.463 e. The summed E-state index contributed by atoms with van der Waals surface area (Å²) in [5.74, 6) is 3.00. The molecule has 1 amide bonds. The topological polar surface area (TPSA) is 69.0 Å². The second-order valence-corrected chi connectivity index (χ2v) is 11.2. The van der Waals surface area contributed by atoms with Gasteiger partial charge in [0.05, 0.1) is 27.8 Å². The SMILES string of the molecule is CCOc1nc(-c2ccc(Cl)c(Cl)c2)n(-c2ccc(NC(=O)C34CC5CC(CC(C5)C3)C4)cc2)n1. The molecule has 8 heteroatoms. The van der Waals surface area contributed by atoms with E-state index in [1.807, 2.05) is 37.3 Å². The summed E-state index contributed by atoms with van der Waals surface area (Å²) in [6.07, 6.45) is 7.12. The lowest BCUT2D eigenvalue weighted by Crippen LogP contribution is -2.51. The van der Waals surface area contributed by atoms with Gasteiger partial charge in [0.15, 0.2) is 5.82 Å². The van der Waals surface area contributed by atoms with Crippen LogP contribution in [0.1, 0.15) is 45.4 Å². The molecule has 2 aromatic carbocycles. The summed E-state index contributed by atoms with van der Waals surface area (Å²) < 4.78 is 7.28. The van der Waals surface area contributed by atoms with E-state index < -0.39 is 0 Å².